The minimum atomic E-state index is 0.375. The largest absolute Gasteiger partial charge is 0.347 e. The predicted octanol–water partition coefficient (Wildman–Crippen LogP) is -0.720. The fourth-order valence-electron chi connectivity index (χ4n) is 1.08. The molecule has 2 aromatic heterocycles. The van der Waals surface area contributed by atoms with Gasteiger partial charge in [0.15, 0.2) is 0 Å². The number of nitrogens with zero attached hydrogens (tertiary/aromatic N) is 5. The fraction of sp³-hybridized carbons (Fsp3) is 0.250. The van der Waals surface area contributed by atoms with Crippen LogP contribution in [0, 0.1) is 0 Å². The van der Waals surface area contributed by atoms with Crippen LogP contribution in [-0.2, 0) is 0 Å². The van der Waals surface area contributed by atoms with E-state index in [2.05, 4.69) is 19.9 Å². The molecule has 0 aromatic carbocycles. The zero-order valence-electron chi connectivity index (χ0n) is 7.97. The standard InChI is InChI=1S/C8H8BN5/c1-14(2)8-10-3-5-6(13-8)7(9)12-4-11-5/h3-4H,1-2H3. The van der Waals surface area contributed by atoms with E-state index in [-0.39, 0.29) is 0 Å². The van der Waals surface area contributed by atoms with Gasteiger partial charge in [-0.05, 0) is 0 Å². The summed E-state index contributed by atoms with van der Waals surface area (Å²) in [6.45, 7) is 0. The molecule has 2 rings (SSSR count). The van der Waals surface area contributed by atoms with Crippen LogP contribution >= 0.6 is 0 Å². The molecule has 0 spiro atoms. The molecular formula is C8H8BN5. The minimum Gasteiger partial charge on any atom is -0.347 e. The van der Waals surface area contributed by atoms with Gasteiger partial charge in [0.1, 0.15) is 25.2 Å². The van der Waals surface area contributed by atoms with Gasteiger partial charge in [-0.1, -0.05) is 0 Å². The topological polar surface area (TPSA) is 54.8 Å². The zero-order valence-corrected chi connectivity index (χ0v) is 7.97. The summed E-state index contributed by atoms with van der Waals surface area (Å²) in [5.74, 6) is 0.596. The van der Waals surface area contributed by atoms with Crippen LogP contribution in [0.1, 0.15) is 0 Å². The first-order chi connectivity index (χ1) is 6.68. The lowest BCUT2D eigenvalue weighted by Gasteiger charge is -2.10. The van der Waals surface area contributed by atoms with E-state index in [1.54, 1.807) is 11.1 Å². The van der Waals surface area contributed by atoms with Crippen molar-refractivity contribution in [2.75, 3.05) is 19.0 Å². The van der Waals surface area contributed by atoms with E-state index >= 15 is 0 Å². The van der Waals surface area contributed by atoms with Crippen molar-refractivity contribution in [1.29, 1.82) is 0 Å². The van der Waals surface area contributed by atoms with E-state index in [0.717, 1.165) is 0 Å². The quantitative estimate of drug-likeness (QED) is 0.548. The Morgan fingerprint density at radius 2 is 2.00 bits per heavy atom. The molecule has 6 heteroatoms. The molecule has 2 radical (unpaired) electrons. The van der Waals surface area contributed by atoms with Gasteiger partial charge in [0, 0.05) is 19.7 Å². The molecule has 68 valence electrons. The highest BCUT2D eigenvalue weighted by molar-refractivity contribution is 6.36. The van der Waals surface area contributed by atoms with Crippen molar-refractivity contribution in [3.8, 4) is 0 Å². The molecule has 0 aliphatic rings. The minimum absolute atomic E-state index is 0.375. The second-order valence-electron chi connectivity index (χ2n) is 3.06. The Morgan fingerprint density at radius 3 is 2.71 bits per heavy atom. The molecule has 0 amide bonds. The molecule has 0 fully saturated rings. The summed E-state index contributed by atoms with van der Waals surface area (Å²) in [6.07, 6.45) is 3.03. The van der Waals surface area contributed by atoms with E-state index in [9.17, 15) is 0 Å². The number of hydrogen-bond acceptors (Lipinski definition) is 5. The molecule has 2 heterocycles. The molecule has 0 bridgehead atoms. The summed E-state index contributed by atoms with van der Waals surface area (Å²) in [6, 6.07) is 0. The average molecular weight is 185 g/mol. The molecule has 0 unspecified atom stereocenters. The Morgan fingerprint density at radius 1 is 1.21 bits per heavy atom. The van der Waals surface area contributed by atoms with Crippen molar-refractivity contribution in [2.24, 2.45) is 0 Å². The molecule has 0 N–H and O–H groups in total. The predicted molar refractivity (Wildman–Crippen MR) is 54.8 cm³/mol. The normalized spacial score (nSPS) is 10.4. The SMILES string of the molecule is [B]c1ncnc2cnc(N(C)C)nc12. The van der Waals surface area contributed by atoms with Gasteiger partial charge in [-0.15, -0.1) is 0 Å². The maximum atomic E-state index is 5.67. The van der Waals surface area contributed by atoms with E-state index in [1.807, 2.05) is 14.1 Å². The third kappa shape index (κ3) is 1.39. The second-order valence-corrected chi connectivity index (χ2v) is 3.06. The molecule has 2 aromatic rings. The Labute approximate surface area is 82.6 Å². The third-order valence-corrected chi connectivity index (χ3v) is 1.79. The maximum Gasteiger partial charge on any atom is 0.225 e. The zero-order chi connectivity index (χ0) is 10.1. The number of rotatable bonds is 1. The maximum absolute atomic E-state index is 5.67. The summed E-state index contributed by atoms with van der Waals surface area (Å²) < 4.78 is 0. The van der Waals surface area contributed by atoms with Gasteiger partial charge in [0.25, 0.3) is 0 Å². The van der Waals surface area contributed by atoms with Crippen molar-refractivity contribution in [3.05, 3.63) is 12.5 Å². The number of anilines is 1. The first-order valence-electron chi connectivity index (χ1n) is 4.09. The van der Waals surface area contributed by atoms with Crippen LogP contribution in [0.4, 0.5) is 5.95 Å². The van der Waals surface area contributed by atoms with Crippen LogP contribution in [0.3, 0.4) is 0 Å². The highest BCUT2D eigenvalue weighted by atomic mass is 15.2. The number of aromatic nitrogens is 4. The lowest BCUT2D eigenvalue weighted by Crippen LogP contribution is -2.16. The Hall–Kier alpha value is -1.72. The van der Waals surface area contributed by atoms with E-state index < -0.39 is 0 Å². The first-order valence-corrected chi connectivity index (χ1v) is 4.09. The summed E-state index contributed by atoms with van der Waals surface area (Å²) in [7, 11) is 9.39. The van der Waals surface area contributed by atoms with Gasteiger partial charge in [-0.2, -0.15) is 0 Å². The summed E-state index contributed by atoms with van der Waals surface area (Å²) >= 11 is 0. The van der Waals surface area contributed by atoms with Crippen LogP contribution in [-0.4, -0.2) is 41.9 Å². The van der Waals surface area contributed by atoms with Crippen molar-refractivity contribution < 1.29 is 0 Å². The smallest absolute Gasteiger partial charge is 0.225 e. The van der Waals surface area contributed by atoms with Crippen LogP contribution < -0.4 is 10.5 Å². The Kier molecular flexibility index (Phi) is 2.03. The Balaban J connectivity index is 2.70. The van der Waals surface area contributed by atoms with E-state index in [4.69, 9.17) is 7.85 Å². The molecule has 0 saturated heterocycles. The van der Waals surface area contributed by atoms with E-state index in [1.165, 1.54) is 6.33 Å². The molecule has 0 saturated carbocycles. The average Bonchev–Trinajstić information content (AvgIpc) is 2.18. The monoisotopic (exact) mass is 185 g/mol. The number of fused-ring (bicyclic) bond motifs is 1. The molecular weight excluding hydrogens is 177 g/mol. The van der Waals surface area contributed by atoms with Crippen LogP contribution in [0.25, 0.3) is 11.0 Å². The highest BCUT2D eigenvalue weighted by Gasteiger charge is 2.04. The van der Waals surface area contributed by atoms with Crippen molar-refractivity contribution in [3.63, 3.8) is 0 Å². The van der Waals surface area contributed by atoms with Crippen molar-refractivity contribution in [2.45, 2.75) is 0 Å². The molecule has 5 nitrogen and oxygen atoms in total. The molecule has 0 aliphatic carbocycles. The summed E-state index contributed by atoms with van der Waals surface area (Å²) in [4.78, 5) is 18.0. The van der Waals surface area contributed by atoms with Gasteiger partial charge < -0.3 is 4.90 Å². The highest BCUT2D eigenvalue weighted by Crippen LogP contribution is 2.07. The van der Waals surface area contributed by atoms with Crippen molar-refractivity contribution in [1.82, 2.24) is 19.9 Å². The number of hydrogen-bond donors (Lipinski definition) is 0. The van der Waals surface area contributed by atoms with Gasteiger partial charge >= 0.3 is 0 Å². The van der Waals surface area contributed by atoms with Crippen LogP contribution in [0.15, 0.2) is 12.5 Å². The van der Waals surface area contributed by atoms with Gasteiger partial charge in [0.05, 0.1) is 6.20 Å². The Bertz CT molecular complexity index is 470. The second kappa shape index (κ2) is 3.21. The molecule has 14 heavy (non-hydrogen) atoms. The van der Waals surface area contributed by atoms with Gasteiger partial charge in [-0.3, -0.25) is 4.98 Å². The lowest BCUT2D eigenvalue weighted by molar-refractivity contribution is 1.01. The lowest BCUT2D eigenvalue weighted by atomic mass is 10.0. The van der Waals surface area contributed by atoms with Crippen LogP contribution in [0.5, 0.6) is 0 Å². The molecule has 0 atom stereocenters. The van der Waals surface area contributed by atoms with E-state index in [0.29, 0.717) is 22.6 Å². The summed E-state index contributed by atoms with van der Waals surface area (Å²) in [5, 5.41) is 0. The third-order valence-electron chi connectivity index (χ3n) is 1.79. The molecule has 0 aliphatic heterocycles. The van der Waals surface area contributed by atoms with Crippen LogP contribution in [0.2, 0.25) is 0 Å². The van der Waals surface area contributed by atoms with Gasteiger partial charge in [-0.25, -0.2) is 15.0 Å². The first kappa shape index (κ1) is 8.86. The van der Waals surface area contributed by atoms with Gasteiger partial charge in [0.2, 0.25) is 5.95 Å². The fourth-order valence-corrected chi connectivity index (χ4v) is 1.08. The van der Waals surface area contributed by atoms with Crippen molar-refractivity contribution >= 4 is 30.4 Å². The summed E-state index contributed by atoms with van der Waals surface area (Å²) in [5.41, 5.74) is 1.62.